The number of hydrogen-bond acceptors (Lipinski definition) is 3. The summed E-state index contributed by atoms with van der Waals surface area (Å²) in [5, 5.41) is 5.12. The third-order valence-electron chi connectivity index (χ3n) is 3.52. The first-order chi connectivity index (χ1) is 10.6. The Hall–Kier alpha value is -1.17. The molecule has 5 heteroatoms. The van der Waals surface area contributed by atoms with E-state index in [9.17, 15) is 4.79 Å². The van der Waals surface area contributed by atoms with Gasteiger partial charge in [-0.2, -0.15) is 0 Å². The summed E-state index contributed by atoms with van der Waals surface area (Å²) in [6.07, 6.45) is 1.28. The average molecular weight is 381 g/mol. The van der Waals surface area contributed by atoms with Crippen molar-refractivity contribution in [3.63, 3.8) is 0 Å². The van der Waals surface area contributed by atoms with Crippen LogP contribution in [0, 0.1) is 0 Å². The van der Waals surface area contributed by atoms with Crippen molar-refractivity contribution in [2.24, 2.45) is 0 Å². The van der Waals surface area contributed by atoms with Crippen molar-refractivity contribution in [2.45, 2.75) is 18.9 Å². The summed E-state index contributed by atoms with van der Waals surface area (Å²) in [5.41, 5.74) is 1.17. The van der Waals surface area contributed by atoms with E-state index in [1.54, 1.807) is 11.3 Å². The number of carbonyl (C=O) groups is 1. The molecule has 1 unspecified atom stereocenters. The van der Waals surface area contributed by atoms with Gasteiger partial charge in [0.05, 0.1) is 6.04 Å². The molecule has 2 aromatic rings. The molecule has 118 valence electrons. The van der Waals surface area contributed by atoms with Gasteiger partial charge < -0.3 is 10.2 Å². The summed E-state index contributed by atoms with van der Waals surface area (Å²) >= 11 is 5.18. The van der Waals surface area contributed by atoms with Crippen molar-refractivity contribution >= 4 is 33.2 Å². The Bertz CT molecular complexity index is 598. The zero-order chi connectivity index (χ0) is 15.9. The van der Waals surface area contributed by atoms with Crippen LogP contribution in [0.1, 0.15) is 22.9 Å². The Morgan fingerprint density at radius 1 is 1.32 bits per heavy atom. The van der Waals surface area contributed by atoms with Crippen LogP contribution in [-0.2, 0) is 11.2 Å². The van der Waals surface area contributed by atoms with Crippen LogP contribution in [0.2, 0.25) is 0 Å². The smallest absolute Gasteiger partial charge is 0.220 e. The minimum Gasteiger partial charge on any atom is -0.354 e. The number of aryl methyl sites for hydroxylation is 1. The van der Waals surface area contributed by atoms with E-state index < -0.39 is 0 Å². The molecular weight excluding hydrogens is 360 g/mol. The summed E-state index contributed by atoms with van der Waals surface area (Å²) in [7, 11) is 4.08. The van der Waals surface area contributed by atoms with Crippen LogP contribution >= 0.6 is 27.3 Å². The Labute approximate surface area is 144 Å². The molecule has 0 saturated carbocycles. The van der Waals surface area contributed by atoms with Crippen LogP contribution in [0.5, 0.6) is 0 Å². The predicted molar refractivity (Wildman–Crippen MR) is 96.2 cm³/mol. The summed E-state index contributed by atoms with van der Waals surface area (Å²) in [5.74, 6) is 0.100. The number of halogens is 1. The lowest BCUT2D eigenvalue weighted by molar-refractivity contribution is -0.121. The van der Waals surface area contributed by atoms with Gasteiger partial charge >= 0.3 is 0 Å². The van der Waals surface area contributed by atoms with Crippen molar-refractivity contribution in [3.8, 4) is 0 Å². The number of thiophene rings is 1. The monoisotopic (exact) mass is 380 g/mol. The average Bonchev–Trinajstić information content (AvgIpc) is 2.99. The lowest BCUT2D eigenvalue weighted by atomic mass is 10.1. The second-order valence-corrected chi connectivity index (χ2v) is 7.32. The van der Waals surface area contributed by atoms with Crippen LogP contribution in [-0.4, -0.2) is 31.4 Å². The maximum Gasteiger partial charge on any atom is 0.220 e. The van der Waals surface area contributed by atoms with Crippen molar-refractivity contribution < 1.29 is 4.79 Å². The van der Waals surface area contributed by atoms with Crippen LogP contribution < -0.4 is 5.32 Å². The molecule has 1 atom stereocenters. The number of nitrogens with zero attached hydrogens (tertiary/aromatic N) is 1. The molecule has 1 heterocycles. The zero-order valence-corrected chi connectivity index (χ0v) is 15.3. The Morgan fingerprint density at radius 3 is 2.77 bits per heavy atom. The van der Waals surface area contributed by atoms with Crippen LogP contribution in [0.15, 0.2) is 46.3 Å². The first kappa shape index (κ1) is 17.2. The molecule has 0 saturated heterocycles. The molecule has 1 amide bonds. The van der Waals surface area contributed by atoms with Gasteiger partial charge in [-0.3, -0.25) is 4.79 Å². The molecule has 1 aromatic heterocycles. The molecule has 0 aliphatic heterocycles. The summed E-state index contributed by atoms with van der Waals surface area (Å²) in [6.45, 7) is 0.644. The molecule has 2 rings (SSSR count). The molecule has 0 aliphatic rings. The standard InChI is InChI=1S/C17H21BrN2OS/c1-20(2)15(16-7-4-10-22-16)12-19-17(21)9-8-13-5-3-6-14(18)11-13/h3-7,10-11,15H,8-9,12H2,1-2H3,(H,19,21). The fourth-order valence-corrected chi connectivity index (χ4v) is 3.64. The largest absolute Gasteiger partial charge is 0.354 e. The molecule has 0 aliphatic carbocycles. The van der Waals surface area contributed by atoms with Gasteiger partial charge in [0.1, 0.15) is 0 Å². The van der Waals surface area contributed by atoms with E-state index in [2.05, 4.69) is 43.7 Å². The van der Waals surface area contributed by atoms with Gasteiger partial charge in [0.2, 0.25) is 5.91 Å². The molecule has 0 radical (unpaired) electrons. The molecule has 0 spiro atoms. The van der Waals surface area contributed by atoms with Crippen molar-refractivity contribution in [1.82, 2.24) is 10.2 Å². The van der Waals surface area contributed by atoms with Gasteiger partial charge in [-0.25, -0.2) is 0 Å². The van der Waals surface area contributed by atoms with E-state index in [1.807, 2.05) is 38.4 Å². The molecule has 1 N–H and O–H groups in total. The topological polar surface area (TPSA) is 32.3 Å². The van der Waals surface area contributed by atoms with Crippen molar-refractivity contribution in [1.29, 1.82) is 0 Å². The highest BCUT2D eigenvalue weighted by molar-refractivity contribution is 9.10. The number of carbonyl (C=O) groups excluding carboxylic acids is 1. The van der Waals surface area contributed by atoms with E-state index in [0.717, 1.165) is 10.9 Å². The molecule has 22 heavy (non-hydrogen) atoms. The van der Waals surface area contributed by atoms with Gasteiger partial charge in [-0.15, -0.1) is 11.3 Å². The Kier molecular flexibility index (Phi) is 6.61. The van der Waals surface area contributed by atoms with Gasteiger partial charge in [-0.1, -0.05) is 34.1 Å². The molecule has 3 nitrogen and oxygen atoms in total. The number of amides is 1. The SMILES string of the molecule is CN(C)C(CNC(=O)CCc1cccc(Br)c1)c1cccs1. The van der Waals surface area contributed by atoms with E-state index in [4.69, 9.17) is 0 Å². The maximum atomic E-state index is 12.1. The lowest BCUT2D eigenvalue weighted by Gasteiger charge is -2.23. The summed E-state index contributed by atoms with van der Waals surface area (Å²) < 4.78 is 1.05. The fourth-order valence-electron chi connectivity index (χ4n) is 2.27. The second-order valence-electron chi connectivity index (χ2n) is 5.43. The highest BCUT2D eigenvalue weighted by Crippen LogP contribution is 2.22. The van der Waals surface area contributed by atoms with E-state index in [-0.39, 0.29) is 11.9 Å². The minimum atomic E-state index is 0.100. The quantitative estimate of drug-likeness (QED) is 0.790. The molecule has 0 bridgehead atoms. The van der Waals surface area contributed by atoms with Gasteiger partial charge in [0.25, 0.3) is 0 Å². The summed E-state index contributed by atoms with van der Waals surface area (Å²) in [6, 6.07) is 12.5. The minimum absolute atomic E-state index is 0.100. The van der Waals surface area contributed by atoms with Gasteiger partial charge in [0.15, 0.2) is 0 Å². The van der Waals surface area contributed by atoms with Crippen molar-refractivity contribution in [3.05, 3.63) is 56.7 Å². The highest BCUT2D eigenvalue weighted by atomic mass is 79.9. The second kappa shape index (κ2) is 8.46. The summed E-state index contributed by atoms with van der Waals surface area (Å²) in [4.78, 5) is 15.5. The number of hydrogen-bond donors (Lipinski definition) is 1. The Morgan fingerprint density at radius 2 is 2.14 bits per heavy atom. The van der Waals surface area contributed by atoms with Crippen LogP contribution in [0.25, 0.3) is 0 Å². The van der Waals surface area contributed by atoms with Crippen LogP contribution in [0.3, 0.4) is 0 Å². The predicted octanol–water partition coefficient (Wildman–Crippen LogP) is 3.86. The third kappa shape index (κ3) is 5.23. The number of rotatable bonds is 7. The number of likely N-dealkylation sites (N-methyl/N-ethyl adjacent to an activating group) is 1. The van der Waals surface area contributed by atoms with E-state index in [1.165, 1.54) is 10.4 Å². The Balaban J connectivity index is 1.81. The maximum absolute atomic E-state index is 12.1. The number of nitrogens with one attached hydrogen (secondary N) is 1. The molecular formula is C17H21BrN2OS. The van der Waals surface area contributed by atoms with E-state index >= 15 is 0 Å². The first-order valence-electron chi connectivity index (χ1n) is 7.27. The lowest BCUT2D eigenvalue weighted by Crippen LogP contribution is -2.34. The third-order valence-corrected chi connectivity index (χ3v) is 4.98. The fraction of sp³-hybridized carbons (Fsp3) is 0.353. The first-order valence-corrected chi connectivity index (χ1v) is 8.94. The normalized spacial score (nSPS) is 12.4. The molecule has 0 fully saturated rings. The van der Waals surface area contributed by atoms with Gasteiger partial charge in [0, 0.05) is 22.3 Å². The van der Waals surface area contributed by atoms with Crippen LogP contribution in [0.4, 0.5) is 0 Å². The van der Waals surface area contributed by atoms with Crippen molar-refractivity contribution in [2.75, 3.05) is 20.6 Å². The van der Waals surface area contributed by atoms with E-state index in [0.29, 0.717) is 13.0 Å². The van der Waals surface area contributed by atoms with Gasteiger partial charge in [-0.05, 0) is 49.7 Å². The highest BCUT2D eigenvalue weighted by Gasteiger charge is 2.16. The zero-order valence-electron chi connectivity index (χ0n) is 12.9. The molecule has 1 aromatic carbocycles. The number of benzene rings is 1.